The molecule has 0 aliphatic carbocycles. The van der Waals surface area contributed by atoms with E-state index in [1.165, 1.54) is 21.9 Å². The Morgan fingerprint density at radius 1 is 0.917 bits per heavy atom. The maximum absolute atomic E-state index is 12.3. The maximum Gasteiger partial charge on any atom is 0.275 e. The van der Waals surface area contributed by atoms with Gasteiger partial charge in [-0.1, -0.05) is 78.1 Å². The lowest BCUT2D eigenvalue weighted by molar-refractivity contribution is 0.901. The third kappa shape index (κ3) is 2.89. The van der Waals surface area contributed by atoms with E-state index in [1.54, 1.807) is 0 Å². The summed E-state index contributed by atoms with van der Waals surface area (Å²) in [4.78, 5) is 17.4. The van der Waals surface area contributed by atoms with Gasteiger partial charge in [0.1, 0.15) is 5.01 Å². The molecule has 2 heterocycles. The predicted molar refractivity (Wildman–Crippen MR) is 97.9 cm³/mol. The smallest absolute Gasteiger partial charge is 0.267 e. The van der Waals surface area contributed by atoms with E-state index in [9.17, 15) is 4.79 Å². The van der Waals surface area contributed by atoms with Crippen molar-refractivity contribution in [3.05, 3.63) is 88.3 Å². The van der Waals surface area contributed by atoms with Gasteiger partial charge in [-0.05, 0) is 11.6 Å². The van der Waals surface area contributed by atoms with Crippen LogP contribution in [0.1, 0.15) is 11.3 Å². The standard InChI is InChI=1S/C19H13N3OS/c23-17-13-16(12-11-14-7-3-1-4-8-14)20-19-22(17)21-18(24-19)15-9-5-2-6-10-15/h1-13H/b12-11+. The predicted octanol–water partition coefficient (Wildman–Crippen LogP) is 3.99. The molecule has 2 aromatic carbocycles. The van der Waals surface area contributed by atoms with Crippen molar-refractivity contribution in [2.75, 3.05) is 0 Å². The Labute approximate surface area is 142 Å². The van der Waals surface area contributed by atoms with E-state index in [1.807, 2.05) is 72.8 Å². The number of hydrogen-bond donors (Lipinski definition) is 0. The molecule has 0 aliphatic rings. The van der Waals surface area contributed by atoms with Crippen molar-refractivity contribution in [1.29, 1.82) is 0 Å². The lowest BCUT2D eigenvalue weighted by Crippen LogP contribution is -2.14. The highest BCUT2D eigenvalue weighted by Crippen LogP contribution is 2.23. The summed E-state index contributed by atoms with van der Waals surface area (Å²) in [7, 11) is 0. The van der Waals surface area contributed by atoms with Crippen molar-refractivity contribution < 1.29 is 0 Å². The zero-order valence-electron chi connectivity index (χ0n) is 12.7. The van der Waals surface area contributed by atoms with Gasteiger partial charge >= 0.3 is 0 Å². The van der Waals surface area contributed by atoms with Gasteiger partial charge in [0.05, 0.1) is 5.69 Å². The van der Waals surface area contributed by atoms with Crippen LogP contribution >= 0.6 is 11.3 Å². The molecule has 0 spiro atoms. The van der Waals surface area contributed by atoms with Crippen LogP contribution in [0.2, 0.25) is 0 Å². The average molecular weight is 331 g/mol. The SMILES string of the molecule is O=c1cc(/C=C/c2ccccc2)nc2sc(-c3ccccc3)nn12. The number of nitrogens with zero attached hydrogens (tertiary/aromatic N) is 3. The van der Waals surface area contributed by atoms with Crippen molar-refractivity contribution in [1.82, 2.24) is 14.6 Å². The molecular weight excluding hydrogens is 318 g/mol. The highest BCUT2D eigenvalue weighted by atomic mass is 32.1. The van der Waals surface area contributed by atoms with Gasteiger partial charge in [-0.25, -0.2) is 4.98 Å². The molecule has 5 heteroatoms. The summed E-state index contributed by atoms with van der Waals surface area (Å²) in [5, 5.41) is 5.16. The average Bonchev–Trinajstić information content (AvgIpc) is 3.06. The van der Waals surface area contributed by atoms with Gasteiger partial charge in [-0.15, -0.1) is 0 Å². The van der Waals surface area contributed by atoms with E-state index in [-0.39, 0.29) is 5.56 Å². The molecule has 0 radical (unpaired) electrons. The summed E-state index contributed by atoms with van der Waals surface area (Å²) in [6, 6.07) is 21.2. The fraction of sp³-hybridized carbons (Fsp3) is 0. The van der Waals surface area contributed by atoms with Gasteiger partial charge in [-0.3, -0.25) is 4.79 Å². The molecule has 0 amide bonds. The van der Waals surface area contributed by atoms with Crippen LogP contribution in [-0.2, 0) is 0 Å². The largest absolute Gasteiger partial charge is 0.275 e. The van der Waals surface area contributed by atoms with Gasteiger partial charge in [0.15, 0.2) is 0 Å². The fourth-order valence-electron chi connectivity index (χ4n) is 2.36. The van der Waals surface area contributed by atoms with Crippen molar-refractivity contribution in [2.45, 2.75) is 0 Å². The third-order valence-electron chi connectivity index (χ3n) is 3.53. The maximum atomic E-state index is 12.3. The Morgan fingerprint density at radius 3 is 2.38 bits per heavy atom. The zero-order chi connectivity index (χ0) is 16.4. The Morgan fingerprint density at radius 2 is 1.62 bits per heavy atom. The van der Waals surface area contributed by atoms with Crippen LogP contribution < -0.4 is 5.56 Å². The molecule has 0 atom stereocenters. The summed E-state index contributed by atoms with van der Waals surface area (Å²) in [5.41, 5.74) is 2.50. The van der Waals surface area contributed by atoms with Gasteiger partial charge in [0.2, 0.25) is 4.96 Å². The summed E-state index contributed by atoms with van der Waals surface area (Å²) in [6.45, 7) is 0. The number of fused-ring (bicyclic) bond motifs is 1. The van der Waals surface area contributed by atoms with Crippen molar-refractivity contribution in [2.24, 2.45) is 0 Å². The van der Waals surface area contributed by atoms with Gasteiger partial charge in [0, 0.05) is 11.6 Å². The van der Waals surface area contributed by atoms with Crippen LogP contribution in [0, 0.1) is 0 Å². The molecule has 0 bridgehead atoms. The minimum absolute atomic E-state index is 0.175. The summed E-state index contributed by atoms with van der Waals surface area (Å²) in [5.74, 6) is 0. The Balaban J connectivity index is 1.75. The molecule has 0 fully saturated rings. The normalized spacial score (nSPS) is 11.3. The minimum atomic E-state index is -0.175. The number of rotatable bonds is 3. The van der Waals surface area contributed by atoms with Crippen LogP contribution in [0.3, 0.4) is 0 Å². The first-order valence-corrected chi connectivity index (χ1v) is 8.31. The summed E-state index contributed by atoms with van der Waals surface area (Å²) < 4.78 is 1.35. The van der Waals surface area contributed by atoms with E-state index in [4.69, 9.17) is 0 Å². The second-order valence-corrected chi connectivity index (χ2v) is 6.19. The van der Waals surface area contributed by atoms with E-state index in [0.29, 0.717) is 10.7 Å². The first-order valence-electron chi connectivity index (χ1n) is 7.49. The molecule has 0 saturated heterocycles. The zero-order valence-corrected chi connectivity index (χ0v) is 13.5. The second-order valence-electron chi connectivity index (χ2n) is 5.23. The van der Waals surface area contributed by atoms with Gasteiger partial charge in [0.25, 0.3) is 5.56 Å². The molecule has 4 rings (SSSR count). The molecule has 4 nitrogen and oxygen atoms in total. The molecule has 0 unspecified atom stereocenters. The lowest BCUT2D eigenvalue weighted by Gasteiger charge is -1.94. The van der Waals surface area contributed by atoms with E-state index < -0.39 is 0 Å². The highest BCUT2D eigenvalue weighted by molar-refractivity contribution is 7.19. The van der Waals surface area contributed by atoms with E-state index in [0.717, 1.165) is 16.1 Å². The monoisotopic (exact) mass is 331 g/mol. The Bertz CT molecular complexity index is 1070. The summed E-state index contributed by atoms with van der Waals surface area (Å²) in [6.07, 6.45) is 3.79. The van der Waals surface area contributed by atoms with Gasteiger partial charge < -0.3 is 0 Å². The van der Waals surface area contributed by atoms with Crippen LogP contribution in [0.4, 0.5) is 0 Å². The quantitative estimate of drug-likeness (QED) is 0.570. The molecular formula is C19H13N3OS. The van der Waals surface area contributed by atoms with Crippen molar-refractivity contribution in [3.63, 3.8) is 0 Å². The molecule has 0 saturated carbocycles. The number of aromatic nitrogens is 3. The summed E-state index contributed by atoms with van der Waals surface area (Å²) >= 11 is 1.41. The fourth-order valence-corrected chi connectivity index (χ4v) is 3.27. The number of hydrogen-bond acceptors (Lipinski definition) is 4. The molecule has 2 aromatic heterocycles. The number of benzene rings is 2. The van der Waals surface area contributed by atoms with Crippen LogP contribution in [0.5, 0.6) is 0 Å². The highest BCUT2D eigenvalue weighted by Gasteiger charge is 2.09. The topological polar surface area (TPSA) is 47.3 Å². The molecule has 0 N–H and O–H groups in total. The molecule has 116 valence electrons. The van der Waals surface area contributed by atoms with Crippen LogP contribution in [0.25, 0.3) is 27.7 Å². The first kappa shape index (κ1) is 14.5. The van der Waals surface area contributed by atoms with E-state index >= 15 is 0 Å². The first-order chi connectivity index (χ1) is 11.8. The van der Waals surface area contributed by atoms with Crippen LogP contribution in [0.15, 0.2) is 71.5 Å². The second kappa shape index (κ2) is 6.22. The van der Waals surface area contributed by atoms with Gasteiger partial charge in [-0.2, -0.15) is 9.61 Å². The van der Waals surface area contributed by atoms with Crippen molar-refractivity contribution >= 4 is 28.4 Å². The van der Waals surface area contributed by atoms with Crippen molar-refractivity contribution in [3.8, 4) is 10.6 Å². The molecule has 0 aliphatic heterocycles. The molecule has 24 heavy (non-hydrogen) atoms. The third-order valence-corrected chi connectivity index (χ3v) is 4.49. The Kier molecular flexibility index (Phi) is 3.76. The van der Waals surface area contributed by atoms with E-state index in [2.05, 4.69) is 10.1 Å². The lowest BCUT2D eigenvalue weighted by atomic mass is 10.2. The molecule has 4 aromatic rings. The Hall–Kier alpha value is -3.05. The van der Waals surface area contributed by atoms with Crippen LogP contribution in [-0.4, -0.2) is 14.6 Å². The minimum Gasteiger partial charge on any atom is -0.267 e.